The van der Waals surface area contributed by atoms with Crippen molar-refractivity contribution < 1.29 is 9.59 Å². The fourth-order valence-corrected chi connectivity index (χ4v) is 2.74. The van der Waals surface area contributed by atoms with Gasteiger partial charge in [-0.3, -0.25) is 4.79 Å². The molecule has 0 aromatic carbocycles. The monoisotopic (exact) mass is 281 g/mol. The molecule has 2 fully saturated rings. The van der Waals surface area contributed by atoms with Crippen molar-refractivity contribution in [2.24, 2.45) is 11.8 Å². The molecule has 1 aliphatic heterocycles. The fourth-order valence-electron chi connectivity index (χ4n) is 2.74. The minimum absolute atomic E-state index is 0.00907. The highest BCUT2D eigenvalue weighted by Gasteiger charge is 2.32. The highest BCUT2D eigenvalue weighted by Crippen LogP contribution is 2.32. The first-order chi connectivity index (χ1) is 9.47. The lowest BCUT2D eigenvalue weighted by molar-refractivity contribution is -0.127. The van der Waals surface area contributed by atoms with Crippen molar-refractivity contribution in [1.82, 2.24) is 15.5 Å². The molecule has 0 spiro atoms. The van der Waals surface area contributed by atoms with E-state index in [0.29, 0.717) is 25.0 Å². The summed E-state index contributed by atoms with van der Waals surface area (Å²) in [4.78, 5) is 25.9. The largest absolute Gasteiger partial charge is 0.353 e. The fraction of sp³-hybridized carbons (Fsp3) is 0.867. The smallest absolute Gasteiger partial charge is 0.317 e. The Morgan fingerprint density at radius 1 is 1.00 bits per heavy atom. The number of carbonyl (C=O) groups is 2. The Hall–Kier alpha value is -1.26. The van der Waals surface area contributed by atoms with Crippen LogP contribution in [0.15, 0.2) is 0 Å². The van der Waals surface area contributed by atoms with E-state index in [1.807, 2.05) is 18.7 Å². The summed E-state index contributed by atoms with van der Waals surface area (Å²) in [5.74, 6) is 0.934. The number of likely N-dealkylation sites (tertiary alicyclic amines) is 1. The summed E-state index contributed by atoms with van der Waals surface area (Å²) < 4.78 is 0. The lowest BCUT2D eigenvalue weighted by atomic mass is 9.95. The molecule has 0 aromatic rings. The van der Waals surface area contributed by atoms with E-state index in [0.717, 1.165) is 12.8 Å². The van der Waals surface area contributed by atoms with E-state index >= 15 is 0 Å². The van der Waals surface area contributed by atoms with Gasteiger partial charge in [-0.15, -0.1) is 0 Å². The number of rotatable bonds is 4. The maximum atomic E-state index is 12.2. The zero-order chi connectivity index (χ0) is 14.7. The minimum atomic E-state index is -0.00907. The van der Waals surface area contributed by atoms with E-state index in [1.54, 1.807) is 0 Å². The number of carbonyl (C=O) groups excluding carboxylic acids is 2. The highest BCUT2D eigenvalue weighted by atomic mass is 16.2. The van der Waals surface area contributed by atoms with Crippen LogP contribution in [-0.4, -0.2) is 42.0 Å². The molecule has 1 heterocycles. The van der Waals surface area contributed by atoms with Gasteiger partial charge in [-0.05, 0) is 52.4 Å². The second-order valence-electron chi connectivity index (χ2n) is 6.50. The highest BCUT2D eigenvalue weighted by molar-refractivity contribution is 5.80. The molecule has 1 atom stereocenters. The summed E-state index contributed by atoms with van der Waals surface area (Å²) >= 11 is 0. The van der Waals surface area contributed by atoms with Crippen LogP contribution in [0.3, 0.4) is 0 Å². The summed E-state index contributed by atoms with van der Waals surface area (Å²) in [6.07, 6.45) is 4.04. The van der Waals surface area contributed by atoms with Gasteiger partial charge in [0, 0.05) is 31.1 Å². The minimum Gasteiger partial charge on any atom is -0.353 e. The predicted octanol–water partition coefficient (Wildman–Crippen LogP) is 1.73. The molecule has 0 unspecified atom stereocenters. The quantitative estimate of drug-likeness (QED) is 0.824. The van der Waals surface area contributed by atoms with Gasteiger partial charge in [0.25, 0.3) is 0 Å². The third-order valence-electron chi connectivity index (χ3n) is 4.26. The maximum Gasteiger partial charge on any atom is 0.317 e. The van der Waals surface area contributed by atoms with Gasteiger partial charge >= 0.3 is 6.03 Å². The molecule has 5 nitrogen and oxygen atoms in total. The molecule has 1 aliphatic carbocycles. The van der Waals surface area contributed by atoms with Gasteiger partial charge in [0.1, 0.15) is 0 Å². The third kappa shape index (κ3) is 4.12. The zero-order valence-corrected chi connectivity index (χ0v) is 12.8. The standard InChI is InChI=1S/C15H27N3O2/c1-10(2)16-15(20)18-8-6-13(7-9-18)14(19)17-11(3)12-4-5-12/h10-13H,4-9H2,1-3H3,(H,16,20)(H,17,19)/t11-/m0/s1. The van der Waals surface area contributed by atoms with Crippen molar-refractivity contribution in [1.29, 1.82) is 0 Å². The average molecular weight is 281 g/mol. The van der Waals surface area contributed by atoms with E-state index in [9.17, 15) is 9.59 Å². The molecular weight excluding hydrogens is 254 g/mol. The molecule has 2 N–H and O–H groups in total. The summed E-state index contributed by atoms with van der Waals surface area (Å²) in [6.45, 7) is 7.36. The Bertz CT molecular complexity index is 358. The van der Waals surface area contributed by atoms with E-state index in [2.05, 4.69) is 17.6 Å². The molecule has 114 valence electrons. The van der Waals surface area contributed by atoms with E-state index < -0.39 is 0 Å². The molecule has 3 amide bonds. The van der Waals surface area contributed by atoms with Crippen LogP contribution in [0, 0.1) is 11.8 Å². The van der Waals surface area contributed by atoms with Crippen LogP contribution in [0.2, 0.25) is 0 Å². The predicted molar refractivity (Wildman–Crippen MR) is 78.3 cm³/mol. The Balaban J connectivity index is 1.72. The van der Waals surface area contributed by atoms with Crippen LogP contribution in [0.1, 0.15) is 46.5 Å². The number of urea groups is 1. The van der Waals surface area contributed by atoms with Gasteiger partial charge in [0.15, 0.2) is 0 Å². The van der Waals surface area contributed by atoms with Crippen molar-refractivity contribution in [2.45, 2.75) is 58.5 Å². The van der Waals surface area contributed by atoms with Gasteiger partial charge in [-0.1, -0.05) is 0 Å². The number of nitrogens with one attached hydrogen (secondary N) is 2. The summed E-state index contributed by atoms with van der Waals surface area (Å²) in [6, 6.07) is 0.456. The van der Waals surface area contributed by atoms with Crippen LogP contribution >= 0.6 is 0 Å². The van der Waals surface area contributed by atoms with Gasteiger partial charge in [-0.2, -0.15) is 0 Å². The second kappa shape index (κ2) is 6.46. The molecule has 5 heteroatoms. The van der Waals surface area contributed by atoms with E-state index in [1.165, 1.54) is 12.8 Å². The average Bonchev–Trinajstić information content (AvgIpc) is 3.22. The van der Waals surface area contributed by atoms with Crippen LogP contribution in [0.5, 0.6) is 0 Å². The van der Waals surface area contributed by atoms with Gasteiger partial charge < -0.3 is 15.5 Å². The summed E-state index contributed by atoms with van der Waals surface area (Å²) in [5, 5.41) is 6.03. The van der Waals surface area contributed by atoms with Gasteiger partial charge in [-0.25, -0.2) is 4.79 Å². The van der Waals surface area contributed by atoms with Crippen LogP contribution < -0.4 is 10.6 Å². The normalized spacial score (nSPS) is 21.7. The van der Waals surface area contributed by atoms with Crippen molar-refractivity contribution in [3.05, 3.63) is 0 Å². The number of nitrogens with zero attached hydrogens (tertiary/aromatic N) is 1. The zero-order valence-electron chi connectivity index (χ0n) is 12.8. The number of hydrogen-bond acceptors (Lipinski definition) is 2. The van der Waals surface area contributed by atoms with Crippen LogP contribution in [-0.2, 0) is 4.79 Å². The number of piperidine rings is 1. The Labute approximate surface area is 121 Å². The Kier molecular flexibility index (Phi) is 4.89. The Morgan fingerprint density at radius 2 is 1.60 bits per heavy atom. The van der Waals surface area contributed by atoms with E-state index in [4.69, 9.17) is 0 Å². The molecule has 2 rings (SSSR count). The maximum absolute atomic E-state index is 12.2. The van der Waals surface area contributed by atoms with Gasteiger partial charge in [0.05, 0.1) is 0 Å². The lowest BCUT2D eigenvalue weighted by Gasteiger charge is -2.32. The van der Waals surface area contributed by atoms with Crippen molar-refractivity contribution >= 4 is 11.9 Å². The molecule has 0 aromatic heterocycles. The summed E-state index contributed by atoms with van der Waals surface area (Å²) in [7, 11) is 0. The first kappa shape index (κ1) is 15.1. The summed E-state index contributed by atoms with van der Waals surface area (Å²) in [5.41, 5.74) is 0. The van der Waals surface area contributed by atoms with Gasteiger partial charge in [0.2, 0.25) is 5.91 Å². The molecule has 1 saturated carbocycles. The molecule has 0 radical (unpaired) electrons. The molecule has 20 heavy (non-hydrogen) atoms. The number of amides is 3. The van der Waals surface area contributed by atoms with Crippen LogP contribution in [0.4, 0.5) is 4.79 Å². The topological polar surface area (TPSA) is 61.4 Å². The van der Waals surface area contributed by atoms with Crippen molar-refractivity contribution in [3.8, 4) is 0 Å². The van der Waals surface area contributed by atoms with Crippen molar-refractivity contribution in [3.63, 3.8) is 0 Å². The first-order valence-electron chi connectivity index (χ1n) is 7.83. The molecular formula is C15H27N3O2. The van der Waals surface area contributed by atoms with E-state index in [-0.39, 0.29) is 23.9 Å². The molecule has 1 saturated heterocycles. The SMILES string of the molecule is CC(C)NC(=O)N1CCC(C(=O)N[C@@H](C)C2CC2)CC1. The second-order valence-corrected chi connectivity index (χ2v) is 6.50. The third-order valence-corrected chi connectivity index (χ3v) is 4.26. The first-order valence-corrected chi connectivity index (χ1v) is 7.83. The Morgan fingerprint density at radius 3 is 2.10 bits per heavy atom. The van der Waals surface area contributed by atoms with Crippen LogP contribution in [0.25, 0.3) is 0 Å². The number of hydrogen-bond donors (Lipinski definition) is 2. The van der Waals surface area contributed by atoms with Crippen molar-refractivity contribution in [2.75, 3.05) is 13.1 Å². The molecule has 0 bridgehead atoms. The molecule has 2 aliphatic rings. The lowest BCUT2D eigenvalue weighted by Crippen LogP contribution is -2.49.